The largest absolute Gasteiger partial charge is 0.378 e. The second kappa shape index (κ2) is 17.9. The molecule has 16 nitrogen and oxygen atoms in total. The molecule has 9 rings (SSSR count). The summed E-state index contributed by atoms with van der Waals surface area (Å²) < 4.78 is 45.3. The average Bonchev–Trinajstić information content (AvgIpc) is 3.99. The molecule has 0 spiro atoms. The van der Waals surface area contributed by atoms with E-state index in [0.717, 1.165) is 87.6 Å². The van der Waals surface area contributed by atoms with E-state index in [2.05, 4.69) is 41.7 Å². The number of alkyl halides is 2. The molecule has 4 fully saturated rings. The van der Waals surface area contributed by atoms with Gasteiger partial charge in [0, 0.05) is 70.6 Å². The quantitative estimate of drug-likeness (QED) is 0.118. The molecular weight excluding hydrogens is 789 g/mol. The van der Waals surface area contributed by atoms with Crippen LogP contribution in [-0.2, 0) is 32.5 Å². The third-order valence-electron chi connectivity index (χ3n) is 12.9. The zero-order valence-corrected chi connectivity index (χ0v) is 34.5. The van der Waals surface area contributed by atoms with E-state index < -0.39 is 23.9 Å². The van der Waals surface area contributed by atoms with Crippen molar-refractivity contribution >= 4 is 45.8 Å². The number of anilines is 2. The molecule has 1 saturated carbocycles. The lowest BCUT2D eigenvalue weighted by atomic mass is 9.85. The number of ether oxygens (including phenoxy) is 2. The fourth-order valence-corrected chi connectivity index (χ4v) is 9.62. The highest BCUT2D eigenvalue weighted by Crippen LogP contribution is 2.36. The van der Waals surface area contributed by atoms with E-state index in [1.807, 2.05) is 29.9 Å². The van der Waals surface area contributed by atoms with Gasteiger partial charge in [0.1, 0.15) is 11.4 Å². The Morgan fingerprint density at radius 1 is 1.02 bits per heavy atom. The molecule has 5 aromatic rings. The van der Waals surface area contributed by atoms with Crippen LogP contribution in [0.15, 0.2) is 42.9 Å². The minimum Gasteiger partial charge on any atom is -0.378 e. The second-order valence-electron chi connectivity index (χ2n) is 16.8. The molecule has 18 heteroatoms. The van der Waals surface area contributed by atoms with Crippen LogP contribution in [0.4, 0.5) is 20.3 Å². The van der Waals surface area contributed by atoms with Gasteiger partial charge in [-0.05, 0) is 75.3 Å². The standard InChI is InChI=1S/C43H53F2N11O5/c1-52-39-28(4-2-6-31(39)37(50-52)32-11-12-36(57)49-42(32)58)5-3-21-61-30-13-16-53(17-14-30)25-27-7-9-29(10-8-27)56-26-34(38(51-56)40(44)45)47-43(59)33-24-46-55-18-15-35(48-41(33)55)54-19-22-60-23-20-54/h2,4,6,15,18,24,26-27,29-30,32,40H,3,5,7-14,16-17,19-23,25H2,1H3,(H,47,59)(H,49,57,58). The number of carbonyl (C=O) groups is 3. The molecule has 61 heavy (non-hydrogen) atoms. The molecule has 4 aliphatic rings. The first-order valence-electron chi connectivity index (χ1n) is 21.7. The Morgan fingerprint density at radius 2 is 1.82 bits per heavy atom. The number of para-hydroxylation sites is 1. The SMILES string of the molecule is Cn1nc(C2CCC(=O)NC2=O)c2cccc(CCCOC3CCN(CC4CCC(n5cc(NC(=O)c6cnn7ccc(N8CCOCC8)nc67)c(C(F)F)n5)CC4)CC3)c21. The van der Waals surface area contributed by atoms with Gasteiger partial charge in [0.05, 0.1) is 54.4 Å². The number of morpholine rings is 1. The normalized spacial score (nSPS) is 22.1. The van der Waals surface area contributed by atoms with Gasteiger partial charge in [0.15, 0.2) is 11.3 Å². The van der Waals surface area contributed by atoms with Gasteiger partial charge in [-0.3, -0.25) is 29.1 Å². The minimum absolute atomic E-state index is 0.00213. The van der Waals surface area contributed by atoms with Crippen LogP contribution in [0.2, 0.25) is 0 Å². The van der Waals surface area contributed by atoms with Crippen LogP contribution in [0.3, 0.4) is 0 Å². The van der Waals surface area contributed by atoms with Crippen LogP contribution in [-0.4, -0.2) is 115 Å². The van der Waals surface area contributed by atoms with Gasteiger partial charge < -0.3 is 24.6 Å². The van der Waals surface area contributed by atoms with Crippen molar-refractivity contribution in [2.75, 3.05) is 62.8 Å². The molecule has 4 aromatic heterocycles. The highest BCUT2D eigenvalue weighted by atomic mass is 19.3. The molecule has 3 amide bonds. The summed E-state index contributed by atoms with van der Waals surface area (Å²) in [7, 11) is 1.91. The Balaban J connectivity index is 0.724. The lowest BCUT2D eigenvalue weighted by Gasteiger charge is -2.36. The van der Waals surface area contributed by atoms with E-state index in [1.165, 1.54) is 16.3 Å². The van der Waals surface area contributed by atoms with Gasteiger partial charge in [0.25, 0.3) is 12.3 Å². The van der Waals surface area contributed by atoms with Crippen LogP contribution in [0.5, 0.6) is 0 Å². The van der Waals surface area contributed by atoms with E-state index in [1.54, 1.807) is 17.1 Å². The number of hydrogen-bond acceptors (Lipinski definition) is 11. The molecule has 3 aliphatic heterocycles. The summed E-state index contributed by atoms with van der Waals surface area (Å²) in [5.74, 6) is -0.271. The van der Waals surface area contributed by atoms with Gasteiger partial charge >= 0.3 is 0 Å². The first kappa shape index (κ1) is 41.0. The van der Waals surface area contributed by atoms with Gasteiger partial charge in [-0.15, -0.1) is 0 Å². The third-order valence-corrected chi connectivity index (χ3v) is 12.9. The van der Waals surface area contributed by atoms with E-state index >= 15 is 0 Å². The molecule has 7 heterocycles. The first-order valence-corrected chi connectivity index (χ1v) is 21.7. The smallest absolute Gasteiger partial charge is 0.284 e. The highest BCUT2D eigenvalue weighted by Gasteiger charge is 2.33. The van der Waals surface area contributed by atoms with Crippen molar-refractivity contribution in [2.24, 2.45) is 13.0 Å². The lowest BCUT2D eigenvalue weighted by molar-refractivity contribution is -0.134. The number of piperidine rings is 2. The number of likely N-dealkylation sites (tertiary alicyclic amines) is 1. The van der Waals surface area contributed by atoms with Crippen molar-refractivity contribution in [3.63, 3.8) is 0 Å². The van der Waals surface area contributed by atoms with Crippen LogP contribution >= 0.6 is 0 Å². The lowest BCUT2D eigenvalue weighted by Crippen LogP contribution is -2.40. The summed E-state index contributed by atoms with van der Waals surface area (Å²) in [6.45, 7) is 6.20. The number of rotatable bonds is 13. The van der Waals surface area contributed by atoms with E-state index in [4.69, 9.17) is 14.6 Å². The first-order chi connectivity index (χ1) is 29.7. The number of carbonyl (C=O) groups excluding carboxylic acids is 3. The zero-order valence-electron chi connectivity index (χ0n) is 34.5. The molecule has 2 N–H and O–H groups in total. The fourth-order valence-electron chi connectivity index (χ4n) is 9.62. The number of nitrogens with zero attached hydrogens (tertiary/aromatic N) is 9. The van der Waals surface area contributed by atoms with Crippen LogP contribution in [0.25, 0.3) is 16.6 Å². The van der Waals surface area contributed by atoms with Crippen LogP contribution in [0.1, 0.15) is 103 Å². The maximum atomic E-state index is 14.3. The number of hydrogen-bond donors (Lipinski definition) is 2. The molecule has 0 bridgehead atoms. The number of imide groups is 1. The molecule has 0 radical (unpaired) electrons. The Hall–Kier alpha value is -5.33. The number of fused-ring (bicyclic) bond motifs is 2. The number of aromatic nitrogens is 7. The minimum atomic E-state index is -2.85. The molecular formula is C43H53F2N11O5. The van der Waals surface area contributed by atoms with Gasteiger partial charge in [-0.2, -0.15) is 15.3 Å². The molecule has 3 saturated heterocycles. The van der Waals surface area contributed by atoms with Crippen molar-refractivity contribution in [3.05, 3.63) is 65.4 Å². The summed E-state index contributed by atoms with van der Waals surface area (Å²) in [6.07, 6.45) is 10.2. The molecule has 1 atom stereocenters. The maximum Gasteiger partial charge on any atom is 0.284 e. The van der Waals surface area contributed by atoms with Crippen molar-refractivity contribution in [1.82, 2.24) is 44.4 Å². The Bertz CT molecular complexity index is 2370. The Labute approximate surface area is 351 Å². The second-order valence-corrected chi connectivity index (χ2v) is 16.8. The van der Waals surface area contributed by atoms with Crippen LogP contribution in [0, 0.1) is 5.92 Å². The van der Waals surface area contributed by atoms with E-state index in [0.29, 0.717) is 63.1 Å². The van der Waals surface area contributed by atoms with Crippen molar-refractivity contribution in [1.29, 1.82) is 0 Å². The van der Waals surface area contributed by atoms with Crippen molar-refractivity contribution < 1.29 is 32.6 Å². The Kier molecular flexibility index (Phi) is 12.1. The number of amides is 3. The highest BCUT2D eigenvalue weighted by molar-refractivity contribution is 6.08. The summed E-state index contributed by atoms with van der Waals surface area (Å²) in [5.41, 5.74) is 3.03. The molecule has 1 unspecified atom stereocenters. The van der Waals surface area contributed by atoms with Crippen molar-refractivity contribution in [2.45, 2.75) is 88.7 Å². The monoisotopic (exact) mass is 841 g/mol. The van der Waals surface area contributed by atoms with Crippen LogP contribution < -0.4 is 15.5 Å². The number of nitrogens with one attached hydrogen (secondary N) is 2. The third kappa shape index (κ3) is 8.88. The predicted molar refractivity (Wildman–Crippen MR) is 222 cm³/mol. The number of halogens is 2. The van der Waals surface area contributed by atoms with Gasteiger partial charge in [0.2, 0.25) is 11.8 Å². The molecule has 1 aliphatic carbocycles. The molecule has 324 valence electrons. The fraction of sp³-hybridized carbons (Fsp3) is 0.558. The molecule has 1 aromatic carbocycles. The number of aryl methyl sites for hydroxylation is 2. The summed E-state index contributed by atoms with van der Waals surface area (Å²) >= 11 is 0. The van der Waals surface area contributed by atoms with E-state index in [9.17, 15) is 23.2 Å². The Morgan fingerprint density at radius 3 is 2.59 bits per heavy atom. The zero-order chi connectivity index (χ0) is 42.0. The average molecular weight is 842 g/mol. The maximum absolute atomic E-state index is 14.3. The van der Waals surface area contributed by atoms with Gasteiger partial charge in [-0.25, -0.2) is 18.3 Å². The number of benzene rings is 1. The summed E-state index contributed by atoms with van der Waals surface area (Å²) in [4.78, 5) is 47.0. The van der Waals surface area contributed by atoms with Gasteiger partial charge in [-0.1, -0.05) is 18.2 Å². The summed E-state index contributed by atoms with van der Waals surface area (Å²) in [5, 5.41) is 19.4. The van der Waals surface area contributed by atoms with E-state index in [-0.39, 0.29) is 35.2 Å². The van der Waals surface area contributed by atoms with Crippen molar-refractivity contribution in [3.8, 4) is 0 Å². The summed E-state index contributed by atoms with van der Waals surface area (Å²) in [6, 6.07) is 7.95. The predicted octanol–water partition coefficient (Wildman–Crippen LogP) is 5.20. The topological polar surface area (TPSA) is 166 Å².